The molecule has 0 atom stereocenters. The summed E-state index contributed by atoms with van der Waals surface area (Å²) in [5, 5.41) is 5.65. The summed E-state index contributed by atoms with van der Waals surface area (Å²) >= 11 is 0. The molecule has 0 heterocycles. The predicted molar refractivity (Wildman–Crippen MR) is 127 cm³/mol. The van der Waals surface area contributed by atoms with E-state index in [2.05, 4.69) is 58.2 Å². The van der Waals surface area contributed by atoms with Crippen molar-refractivity contribution in [1.82, 2.24) is 5.32 Å². The summed E-state index contributed by atoms with van der Waals surface area (Å²) in [6, 6.07) is 13.1. The van der Waals surface area contributed by atoms with Crippen molar-refractivity contribution < 1.29 is 14.3 Å². The second kappa shape index (κ2) is 9.54. The number of hydrogen-bond acceptors (Lipinski definition) is 3. The Hall–Kier alpha value is -2.82. The molecule has 168 valence electrons. The lowest BCUT2D eigenvalue weighted by Gasteiger charge is -2.27. The summed E-state index contributed by atoms with van der Waals surface area (Å²) in [6.45, 7) is 16.6. The van der Waals surface area contributed by atoms with Crippen molar-refractivity contribution >= 4 is 17.5 Å². The highest BCUT2D eigenvalue weighted by molar-refractivity contribution is 6.04. The molecule has 0 aliphatic rings. The van der Waals surface area contributed by atoms with Gasteiger partial charge in [0, 0.05) is 6.04 Å². The van der Waals surface area contributed by atoms with Crippen LogP contribution in [0.4, 0.5) is 5.69 Å². The minimum atomic E-state index is -0.315. The normalized spacial score (nSPS) is 11.9. The van der Waals surface area contributed by atoms with E-state index in [1.54, 1.807) is 24.3 Å². The van der Waals surface area contributed by atoms with Gasteiger partial charge in [-0.15, -0.1) is 0 Å². The Morgan fingerprint density at radius 1 is 0.935 bits per heavy atom. The Balaban J connectivity index is 2.16. The summed E-state index contributed by atoms with van der Waals surface area (Å²) in [7, 11) is 0. The number of nitrogens with one attached hydrogen (secondary N) is 2. The molecular formula is C26H36N2O3. The third-order valence-electron chi connectivity index (χ3n) is 4.88. The highest BCUT2D eigenvalue weighted by Gasteiger charge is 2.23. The standard InChI is InChI=1S/C26H36N2O3/c1-17(2)27-24(30)19-11-9-10-12-21(19)28-23(29)16-31-22-14-13-18(25(3,4)5)15-20(22)26(6,7)8/h9-15,17H,16H2,1-8H3,(H,27,30)(H,28,29). The summed E-state index contributed by atoms with van der Waals surface area (Å²) in [5.41, 5.74) is 3.07. The van der Waals surface area contributed by atoms with Gasteiger partial charge in [0.15, 0.2) is 6.61 Å². The first kappa shape index (κ1) is 24.4. The maximum atomic E-state index is 12.6. The molecule has 5 nitrogen and oxygen atoms in total. The Kier molecular flexibility index (Phi) is 7.53. The van der Waals surface area contributed by atoms with Crippen LogP contribution in [0.25, 0.3) is 0 Å². The lowest BCUT2D eigenvalue weighted by atomic mass is 9.80. The number of rotatable bonds is 6. The van der Waals surface area contributed by atoms with E-state index < -0.39 is 0 Å². The molecule has 0 fully saturated rings. The van der Waals surface area contributed by atoms with Gasteiger partial charge in [-0.3, -0.25) is 9.59 Å². The van der Waals surface area contributed by atoms with Gasteiger partial charge in [-0.25, -0.2) is 0 Å². The molecule has 31 heavy (non-hydrogen) atoms. The number of carbonyl (C=O) groups is 2. The van der Waals surface area contributed by atoms with E-state index in [1.807, 2.05) is 26.0 Å². The maximum absolute atomic E-state index is 12.6. The first-order valence-corrected chi connectivity index (χ1v) is 10.8. The lowest BCUT2D eigenvalue weighted by Crippen LogP contribution is -2.31. The Morgan fingerprint density at radius 3 is 2.16 bits per heavy atom. The van der Waals surface area contributed by atoms with Gasteiger partial charge in [0.05, 0.1) is 11.3 Å². The third-order valence-corrected chi connectivity index (χ3v) is 4.88. The molecule has 2 amide bonds. The highest BCUT2D eigenvalue weighted by Crippen LogP contribution is 2.35. The van der Waals surface area contributed by atoms with Crippen LogP contribution in [-0.2, 0) is 15.6 Å². The van der Waals surface area contributed by atoms with Crippen molar-refractivity contribution in [3.05, 3.63) is 59.2 Å². The molecule has 2 rings (SSSR count). The van der Waals surface area contributed by atoms with Crippen molar-refractivity contribution in [2.75, 3.05) is 11.9 Å². The number of ether oxygens (including phenoxy) is 1. The minimum absolute atomic E-state index is 0.00600. The SMILES string of the molecule is CC(C)NC(=O)c1ccccc1NC(=O)COc1ccc(C(C)(C)C)cc1C(C)(C)C. The van der Waals surface area contributed by atoms with Crippen LogP contribution < -0.4 is 15.4 Å². The molecule has 0 saturated heterocycles. The van der Waals surface area contributed by atoms with Crippen LogP contribution >= 0.6 is 0 Å². The van der Waals surface area contributed by atoms with E-state index in [4.69, 9.17) is 4.74 Å². The van der Waals surface area contributed by atoms with E-state index in [9.17, 15) is 9.59 Å². The molecule has 2 aromatic rings. The van der Waals surface area contributed by atoms with Gasteiger partial charge in [0.25, 0.3) is 11.8 Å². The molecule has 2 N–H and O–H groups in total. The number of anilines is 1. The quantitative estimate of drug-likeness (QED) is 0.649. The fourth-order valence-corrected chi connectivity index (χ4v) is 3.17. The number of amides is 2. The van der Waals surface area contributed by atoms with E-state index in [1.165, 1.54) is 5.56 Å². The first-order chi connectivity index (χ1) is 14.3. The Bertz CT molecular complexity index is 934. The van der Waals surface area contributed by atoms with Gasteiger partial charge in [-0.1, -0.05) is 65.8 Å². The van der Waals surface area contributed by atoms with E-state index in [-0.39, 0.29) is 35.3 Å². The van der Waals surface area contributed by atoms with Crippen LogP contribution in [0.5, 0.6) is 5.75 Å². The number of carbonyl (C=O) groups excluding carboxylic acids is 2. The zero-order chi connectivity index (χ0) is 23.4. The number of hydrogen-bond donors (Lipinski definition) is 2. The molecule has 0 bridgehead atoms. The zero-order valence-electron chi connectivity index (χ0n) is 20.1. The van der Waals surface area contributed by atoms with Gasteiger partial charge < -0.3 is 15.4 Å². The molecule has 0 aliphatic carbocycles. The molecule has 0 unspecified atom stereocenters. The smallest absolute Gasteiger partial charge is 0.262 e. The summed E-state index contributed by atoms with van der Waals surface area (Å²) < 4.78 is 5.92. The highest BCUT2D eigenvalue weighted by atomic mass is 16.5. The molecule has 0 spiro atoms. The number of benzene rings is 2. The average Bonchev–Trinajstić information content (AvgIpc) is 2.64. The van der Waals surface area contributed by atoms with E-state index >= 15 is 0 Å². The largest absolute Gasteiger partial charge is 0.483 e. The maximum Gasteiger partial charge on any atom is 0.262 e. The van der Waals surface area contributed by atoms with Crippen LogP contribution in [0.1, 0.15) is 76.9 Å². The summed E-state index contributed by atoms with van der Waals surface area (Å²) in [5.74, 6) is 0.158. The second-order valence-corrected chi connectivity index (χ2v) is 10.2. The van der Waals surface area contributed by atoms with Crippen LogP contribution in [0.15, 0.2) is 42.5 Å². The molecule has 5 heteroatoms. The van der Waals surface area contributed by atoms with Crippen LogP contribution in [0.3, 0.4) is 0 Å². The van der Waals surface area contributed by atoms with Gasteiger partial charge in [-0.05, 0) is 54.0 Å². The monoisotopic (exact) mass is 424 g/mol. The van der Waals surface area contributed by atoms with Crippen molar-refractivity contribution in [1.29, 1.82) is 0 Å². The fraction of sp³-hybridized carbons (Fsp3) is 0.462. The molecule has 2 aromatic carbocycles. The fourth-order valence-electron chi connectivity index (χ4n) is 3.17. The van der Waals surface area contributed by atoms with Gasteiger partial charge >= 0.3 is 0 Å². The second-order valence-electron chi connectivity index (χ2n) is 10.2. The van der Waals surface area contributed by atoms with Crippen molar-refractivity contribution in [3.63, 3.8) is 0 Å². The molecular weight excluding hydrogens is 388 g/mol. The molecule has 0 radical (unpaired) electrons. The van der Waals surface area contributed by atoms with Crippen LogP contribution in [0.2, 0.25) is 0 Å². The Labute approximate surface area is 186 Å². The molecule has 0 aromatic heterocycles. The first-order valence-electron chi connectivity index (χ1n) is 10.8. The summed E-state index contributed by atoms with van der Waals surface area (Å²) in [6.07, 6.45) is 0. The van der Waals surface area contributed by atoms with E-state index in [0.717, 1.165) is 5.56 Å². The van der Waals surface area contributed by atoms with Crippen molar-refractivity contribution in [3.8, 4) is 5.75 Å². The van der Waals surface area contributed by atoms with Gasteiger partial charge in [0.2, 0.25) is 0 Å². The Morgan fingerprint density at radius 2 is 1.58 bits per heavy atom. The van der Waals surface area contributed by atoms with Gasteiger partial charge in [-0.2, -0.15) is 0 Å². The minimum Gasteiger partial charge on any atom is -0.483 e. The number of para-hydroxylation sites is 1. The van der Waals surface area contributed by atoms with E-state index in [0.29, 0.717) is 17.0 Å². The molecule has 0 saturated carbocycles. The van der Waals surface area contributed by atoms with Gasteiger partial charge in [0.1, 0.15) is 5.75 Å². The molecule has 0 aliphatic heterocycles. The summed E-state index contributed by atoms with van der Waals surface area (Å²) in [4.78, 5) is 25.0. The zero-order valence-corrected chi connectivity index (χ0v) is 20.1. The predicted octanol–water partition coefficient (Wildman–Crippen LogP) is 5.44. The third kappa shape index (κ3) is 6.84. The topological polar surface area (TPSA) is 67.4 Å². The van der Waals surface area contributed by atoms with Crippen molar-refractivity contribution in [2.45, 2.75) is 72.3 Å². The lowest BCUT2D eigenvalue weighted by molar-refractivity contribution is -0.118. The van der Waals surface area contributed by atoms with Crippen LogP contribution in [0, 0.1) is 0 Å². The van der Waals surface area contributed by atoms with Crippen molar-refractivity contribution in [2.24, 2.45) is 0 Å². The average molecular weight is 425 g/mol. The van der Waals surface area contributed by atoms with Crippen LogP contribution in [-0.4, -0.2) is 24.5 Å².